The number of urea groups is 1. The van der Waals surface area contributed by atoms with E-state index in [0.717, 1.165) is 24.1 Å². The van der Waals surface area contributed by atoms with Crippen molar-refractivity contribution < 1.29 is 14.0 Å². The maximum atomic E-state index is 12.5. The molecule has 2 aromatic rings. The fourth-order valence-electron chi connectivity index (χ4n) is 3.24. The summed E-state index contributed by atoms with van der Waals surface area (Å²) in [6.07, 6.45) is 1.52. The molecule has 1 aromatic carbocycles. The van der Waals surface area contributed by atoms with Crippen molar-refractivity contribution >= 4 is 17.6 Å². The van der Waals surface area contributed by atoms with Crippen LogP contribution >= 0.6 is 0 Å². The van der Waals surface area contributed by atoms with E-state index in [-0.39, 0.29) is 17.9 Å². The molecule has 0 bridgehead atoms. The molecular weight excluding hydrogens is 344 g/mol. The highest BCUT2D eigenvalue weighted by molar-refractivity contribution is 5.93. The number of piperidine rings is 1. The van der Waals surface area contributed by atoms with Crippen molar-refractivity contribution in [1.82, 2.24) is 14.8 Å². The number of hydrogen-bond donors (Lipinski definition) is 1. The number of aromatic nitrogens is 1. The maximum absolute atomic E-state index is 12.5. The second-order valence-electron chi connectivity index (χ2n) is 7.16. The number of benzene rings is 1. The van der Waals surface area contributed by atoms with Gasteiger partial charge in [-0.1, -0.05) is 18.2 Å². The number of hydrogen-bond acceptors (Lipinski definition) is 4. The molecule has 27 heavy (non-hydrogen) atoms. The summed E-state index contributed by atoms with van der Waals surface area (Å²) in [5.74, 6) is 1.10. The predicted molar refractivity (Wildman–Crippen MR) is 103 cm³/mol. The van der Waals surface area contributed by atoms with Gasteiger partial charge in [-0.15, -0.1) is 0 Å². The van der Waals surface area contributed by atoms with Crippen molar-refractivity contribution in [3.63, 3.8) is 0 Å². The van der Waals surface area contributed by atoms with Crippen LogP contribution < -0.4 is 5.32 Å². The van der Waals surface area contributed by atoms with Gasteiger partial charge in [0.1, 0.15) is 5.76 Å². The zero-order valence-corrected chi connectivity index (χ0v) is 16.3. The molecule has 0 saturated carbocycles. The number of rotatable bonds is 3. The number of carbonyl (C=O) groups is 2. The number of nitrogens with zero attached hydrogens (tertiary/aromatic N) is 3. The second-order valence-corrected chi connectivity index (χ2v) is 7.16. The van der Waals surface area contributed by atoms with E-state index < -0.39 is 0 Å². The number of para-hydroxylation sites is 1. The third kappa shape index (κ3) is 4.13. The molecule has 1 saturated heterocycles. The lowest BCUT2D eigenvalue weighted by Crippen LogP contribution is -2.40. The van der Waals surface area contributed by atoms with Crippen molar-refractivity contribution in [3.8, 4) is 0 Å². The molecule has 1 aromatic heterocycles. The lowest BCUT2D eigenvalue weighted by molar-refractivity contribution is 0.0821. The third-order valence-electron chi connectivity index (χ3n) is 4.94. The SMILES string of the molecule is Cc1ccccc1NC(=O)N1CCC(c2nc(C(=O)N(C)C)c(C)o2)CC1. The number of amides is 3. The lowest BCUT2D eigenvalue weighted by Gasteiger charge is -2.30. The molecule has 7 nitrogen and oxygen atoms in total. The molecule has 0 atom stereocenters. The normalized spacial score (nSPS) is 14.9. The number of aryl methyl sites for hydroxylation is 2. The molecule has 7 heteroatoms. The molecular formula is C20H26N4O3. The van der Waals surface area contributed by atoms with Gasteiger partial charge in [-0.3, -0.25) is 4.79 Å². The first-order valence-electron chi connectivity index (χ1n) is 9.17. The van der Waals surface area contributed by atoms with Crippen LogP contribution in [-0.2, 0) is 0 Å². The number of anilines is 1. The molecule has 1 aliphatic rings. The van der Waals surface area contributed by atoms with Gasteiger partial charge in [-0.05, 0) is 38.3 Å². The van der Waals surface area contributed by atoms with Gasteiger partial charge in [0.15, 0.2) is 11.6 Å². The fourth-order valence-corrected chi connectivity index (χ4v) is 3.24. The Morgan fingerprint density at radius 1 is 1.19 bits per heavy atom. The smallest absolute Gasteiger partial charge is 0.321 e. The molecule has 144 valence electrons. The van der Waals surface area contributed by atoms with Gasteiger partial charge in [0, 0.05) is 38.8 Å². The Morgan fingerprint density at radius 2 is 1.85 bits per heavy atom. The Hall–Kier alpha value is -2.83. The zero-order valence-electron chi connectivity index (χ0n) is 16.3. The first-order valence-corrected chi connectivity index (χ1v) is 9.17. The summed E-state index contributed by atoms with van der Waals surface area (Å²) < 4.78 is 5.75. The highest BCUT2D eigenvalue weighted by Gasteiger charge is 2.29. The van der Waals surface area contributed by atoms with E-state index in [1.54, 1.807) is 21.0 Å². The first kappa shape index (κ1) is 18.9. The Kier molecular flexibility index (Phi) is 5.48. The van der Waals surface area contributed by atoms with Gasteiger partial charge >= 0.3 is 6.03 Å². The predicted octanol–water partition coefficient (Wildman–Crippen LogP) is 3.40. The molecule has 0 radical (unpaired) electrons. The summed E-state index contributed by atoms with van der Waals surface area (Å²) in [6.45, 7) is 4.99. The van der Waals surface area contributed by atoms with E-state index in [9.17, 15) is 9.59 Å². The minimum atomic E-state index is -0.155. The van der Waals surface area contributed by atoms with E-state index >= 15 is 0 Å². The van der Waals surface area contributed by atoms with E-state index in [4.69, 9.17) is 4.42 Å². The minimum absolute atomic E-state index is 0.0881. The van der Waals surface area contributed by atoms with Crippen molar-refractivity contribution in [2.24, 2.45) is 0 Å². The summed E-state index contributed by atoms with van der Waals surface area (Å²) >= 11 is 0. The van der Waals surface area contributed by atoms with Crippen molar-refractivity contribution in [2.75, 3.05) is 32.5 Å². The van der Waals surface area contributed by atoms with Crippen LogP contribution in [0.15, 0.2) is 28.7 Å². The second kappa shape index (κ2) is 7.82. The van der Waals surface area contributed by atoms with Gasteiger partial charge in [0.25, 0.3) is 5.91 Å². The van der Waals surface area contributed by atoms with Crippen LogP contribution in [0.25, 0.3) is 0 Å². The maximum Gasteiger partial charge on any atom is 0.321 e. The van der Waals surface area contributed by atoms with Gasteiger partial charge in [-0.2, -0.15) is 0 Å². The number of likely N-dealkylation sites (tertiary alicyclic amines) is 1. The Morgan fingerprint density at radius 3 is 2.48 bits per heavy atom. The van der Waals surface area contributed by atoms with Crippen LogP contribution in [0.4, 0.5) is 10.5 Å². The molecule has 0 aliphatic carbocycles. The standard InChI is InChI=1S/C20H26N4O3/c1-13-7-5-6-8-16(13)21-20(26)24-11-9-15(10-12-24)18-22-17(14(2)27-18)19(25)23(3)4/h5-8,15H,9-12H2,1-4H3,(H,21,26). The summed E-state index contributed by atoms with van der Waals surface area (Å²) in [7, 11) is 3.39. The van der Waals surface area contributed by atoms with E-state index in [0.29, 0.717) is 30.4 Å². The van der Waals surface area contributed by atoms with Gasteiger partial charge in [-0.25, -0.2) is 9.78 Å². The number of nitrogens with one attached hydrogen (secondary N) is 1. The lowest BCUT2D eigenvalue weighted by atomic mass is 9.97. The monoisotopic (exact) mass is 370 g/mol. The zero-order chi connectivity index (χ0) is 19.6. The molecule has 3 rings (SSSR count). The molecule has 3 amide bonds. The number of oxazole rings is 1. The third-order valence-corrected chi connectivity index (χ3v) is 4.94. The summed E-state index contributed by atoms with van der Waals surface area (Å²) in [6, 6.07) is 7.64. The van der Waals surface area contributed by atoms with Gasteiger partial charge in [0.05, 0.1) is 0 Å². The average Bonchev–Trinajstić information content (AvgIpc) is 3.04. The topological polar surface area (TPSA) is 78.7 Å². The van der Waals surface area contributed by atoms with Crippen LogP contribution in [0.1, 0.15) is 46.5 Å². The Bertz CT molecular complexity index is 836. The van der Waals surface area contributed by atoms with E-state index in [1.807, 2.05) is 36.1 Å². The van der Waals surface area contributed by atoms with Crippen LogP contribution in [0.3, 0.4) is 0 Å². The summed E-state index contributed by atoms with van der Waals surface area (Å²) in [5, 5.41) is 2.97. The molecule has 2 heterocycles. The van der Waals surface area contributed by atoms with Crippen molar-refractivity contribution in [3.05, 3.63) is 47.2 Å². The molecule has 1 fully saturated rings. The minimum Gasteiger partial charge on any atom is -0.445 e. The Labute approximate surface area is 159 Å². The average molecular weight is 370 g/mol. The summed E-state index contributed by atoms with van der Waals surface area (Å²) in [5.41, 5.74) is 2.24. The van der Waals surface area contributed by atoms with Crippen LogP contribution in [0.2, 0.25) is 0 Å². The molecule has 0 spiro atoms. The largest absolute Gasteiger partial charge is 0.445 e. The van der Waals surface area contributed by atoms with Crippen molar-refractivity contribution in [2.45, 2.75) is 32.6 Å². The van der Waals surface area contributed by atoms with E-state index in [2.05, 4.69) is 10.3 Å². The quantitative estimate of drug-likeness (QED) is 0.898. The van der Waals surface area contributed by atoms with Crippen LogP contribution in [-0.4, -0.2) is 53.9 Å². The van der Waals surface area contributed by atoms with E-state index in [1.165, 1.54) is 4.90 Å². The van der Waals surface area contributed by atoms with Crippen LogP contribution in [0, 0.1) is 13.8 Å². The molecule has 1 aliphatic heterocycles. The van der Waals surface area contributed by atoms with Crippen LogP contribution in [0.5, 0.6) is 0 Å². The molecule has 0 unspecified atom stereocenters. The fraction of sp³-hybridized carbons (Fsp3) is 0.450. The molecule has 1 N–H and O–H groups in total. The Balaban J connectivity index is 1.60. The summed E-state index contributed by atoms with van der Waals surface area (Å²) in [4.78, 5) is 32.4. The first-order chi connectivity index (χ1) is 12.9. The highest BCUT2D eigenvalue weighted by atomic mass is 16.4. The van der Waals surface area contributed by atoms with Gasteiger partial charge in [0.2, 0.25) is 0 Å². The van der Waals surface area contributed by atoms with Gasteiger partial charge < -0.3 is 19.5 Å². The van der Waals surface area contributed by atoms with Crippen molar-refractivity contribution in [1.29, 1.82) is 0 Å². The number of carbonyl (C=O) groups excluding carboxylic acids is 2. The highest BCUT2D eigenvalue weighted by Crippen LogP contribution is 2.29.